The van der Waals surface area contributed by atoms with E-state index in [4.69, 9.17) is 9.99 Å². The van der Waals surface area contributed by atoms with Crippen LogP contribution >= 0.6 is 23.4 Å². The molecule has 17 nitrogen and oxygen atoms in total. The van der Waals surface area contributed by atoms with Gasteiger partial charge in [0.15, 0.2) is 11.5 Å². The van der Waals surface area contributed by atoms with Crippen molar-refractivity contribution in [3.63, 3.8) is 0 Å². The summed E-state index contributed by atoms with van der Waals surface area (Å²) in [5, 5.41) is 24.5. The molecule has 0 spiro atoms. The Labute approximate surface area is 315 Å². The Hall–Kier alpha value is -4.72. The molecule has 4 aromatic carbocycles. The van der Waals surface area contributed by atoms with Gasteiger partial charge < -0.3 is 14.6 Å². The van der Waals surface area contributed by atoms with E-state index in [1.807, 2.05) is 0 Å². The van der Waals surface area contributed by atoms with Crippen LogP contribution in [0.25, 0.3) is 27.2 Å². The first-order valence-electron chi connectivity index (χ1n) is 14.9. The summed E-state index contributed by atoms with van der Waals surface area (Å²) in [6.45, 7) is 1.65. The second kappa shape index (κ2) is 14.2. The normalized spacial score (nSPS) is 13.2. The molecule has 2 heterocycles. The zero-order valence-corrected chi connectivity index (χ0v) is 31.3. The van der Waals surface area contributed by atoms with Gasteiger partial charge in [-0.05, 0) is 66.1 Å². The summed E-state index contributed by atoms with van der Waals surface area (Å²) in [5.41, 5.74) is -0.118. The lowest BCUT2D eigenvalue weighted by atomic mass is 9.83. The molecule has 1 atom stereocenters. The second-order valence-corrected chi connectivity index (χ2v) is 17.4. The predicted octanol–water partition coefficient (Wildman–Crippen LogP) is 5.56. The number of pyridine rings is 1. The van der Waals surface area contributed by atoms with Crippen LogP contribution in [0.5, 0.6) is 11.5 Å². The number of nitrogens with one attached hydrogen (secondary N) is 1. The number of anilines is 2. The van der Waals surface area contributed by atoms with Crippen LogP contribution < -0.4 is 15.6 Å². The van der Waals surface area contributed by atoms with Gasteiger partial charge in [0.2, 0.25) is 10.0 Å². The highest BCUT2D eigenvalue weighted by Crippen LogP contribution is 2.49. The number of nitrogens with zero attached hydrogens (tertiary/aromatic N) is 3. The fraction of sp³-hybridized carbons (Fsp3) is 0.0625. The van der Waals surface area contributed by atoms with Crippen molar-refractivity contribution in [2.75, 3.05) is 11.6 Å². The number of hydrogen-bond donors (Lipinski definition) is 4. The Bertz CT molecular complexity index is 2810. The van der Waals surface area contributed by atoms with Crippen molar-refractivity contribution in [3.8, 4) is 27.8 Å². The molecule has 6 aromatic rings. The van der Waals surface area contributed by atoms with Crippen LogP contribution in [0.1, 0.15) is 20.9 Å². The maximum atomic E-state index is 14.6. The van der Waals surface area contributed by atoms with Crippen LogP contribution in [0.3, 0.4) is 0 Å². The summed E-state index contributed by atoms with van der Waals surface area (Å²) < 4.78 is 92.3. The van der Waals surface area contributed by atoms with Crippen LogP contribution in [0.15, 0.2) is 97.2 Å². The Morgan fingerprint density at radius 1 is 0.889 bits per heavy atom. The van der Waals surface area contributed by atoms with Gasteiger partial charge in [-0.1, -0.05) is 40.6 Å². The number of ether oxygens (including phenoxy) is 1. The largest absolute Gasteiger partial charge is 0.611 e. The first-order valence-corrected chi connectivity index (χ1v) is 20.9. The van der Waals surface area contributed by atoms with Crippen LogP contribution in [0.2, 0.25) is 0 Å². The minimum absolute atomic E-state index is 0.00376. The summed E-state index contributed by atoms with van der Waals surface area (Å²) in [5.74, 6) is -0.633. The third-order valence-electron chi connectivity index (χ3n) is 8.05. The van der Waals surface area contributed by atoms with E-state index in [2.05, 4.69) is 24.9 Å². The molecule has 0 saturated heterocycles. The van der Waals surface area contributed by atoms with Crippen molar-refractivity contribution in [1.82, 2.24) is 14.8 Å². The molecule has 0 radical (unpaired) electrons. The van der Waals surface area contributed by atoms with Crippen molar-refractivity contribution >= 4 is 82.9 Å². The minimum Gasteiger partial charge on any atom is -0.611 e. The SMILES string of the molecule is Cc1nnc(-n2c(=O)c([S+](C)[O-])c3c4c(c(Nc5ccc(S(=O)(=O)O)cc5SOOO)cc(Oc5ccc(S(=O)(=O)O)cc5)c42)C(=O)c2ccccc2-3)s1. The summed E-state index contributed by atoms with van der Waals surface area (Å²) in [7, 11) is -9.29. The molecule has 0 saturated carbocycles. The van der Waals surface area contributed by atoms with Gasteiger partial charge in [0.1, 0.15) is 22.5 Å². The second-order valence-electron chi connectivity index (χ2n) is 11.3. The number of hydrogen-bond acceptors (Lipinski definition) is 16. The maximum Gasteiger partial charge on any atom is 0.313 e. The maximum absolute atomic E-state index is 14.6. The monoisotopic (exact) mass is 830 g/mol. The molecule has 278 valence electrons. The summed E-state index contributed by atoms with van der Waals surface area (Å²) in [6.07, 6.45) is 1.31. The third-order valence-corrected chi connectivity index (χ3v) is 12.2. The number of fused-ring (bicyclic) bond motifs is 2. The summed E-state index contributed by atoms with van der Waals surface area (Å²) >= 11 is -0.594. The van der Waals surface area contributed by atoms with Gasteiger partial charge in [-0.25, -0.2) is 9.82 Å². The molecule has 4 N–H and O–H groups in total. The summed E-state index contributed by atoms with van der Waals surface area (Å²) in [6, 6.07) is 15.7. The molecule has 1 aliphatic carbocycles. The lowest BCUT2D eigenvalue weighted by molar-refractivity contribution is -0.432. The quantitative estimate of drug-likeness (QED) is 0.0409. The Morgan fingerprint density at radius 2 is 1.56 bits per heavy atom. The smallest absolute Gasteiger partial charge is 0.313 e. The lowest BCUT2D eigenvalue weighted by Gasteiger charge is -2.27. The third kappa shape index (κ3) is 6.77. The number of carbonyl (C=O) groups is 1. The summed E-state index contributed by atoms with van der Waals surface area (Å²) in [4.78, 5) is 28.0. The average molecular weight is 831 g/mol. The number of carbonyl (C=O) groups excluding carboxylic acids is 1. The van der Waals surface area contributed by atoms with E-state index in [0.717, 1.165) is 40.2 Å². The van der Waals surface area contributed by atoms with E-state index < -0.39 is 52.5 Å². The number of aryl methyl sites for hydroxylation is 1. The van der Waals surface area contributed by atoms with E-state index in [1.165, 1.54) is 36.6 Å². The van der Waals surface area contributed by atoms with Crippen LogP contribution in [0.4, 0.5) is 11.4 Å². The standard InChI is InChI=1S/C32H22N4O13S5/c1-15-34-35-32(50-15)36-28-23(47-16-7-9-17(10-8-16)53(41,42)43)14-22(33-21-12-11-18(54(44,45)46)13-24(21)51-49-48-39)26-27(28)25(30(31(36)38)52(2)40)19-5-3-4-6-20(19)29(26)37/h3-14,33,39H,1-2H3,(H,41,42,43)(H,44,45,46). The van der Waals surface area contributed by atoms with Gasteiger partial charge in [-0.3, -0.25) is 18.7 Å². The fourth-order valence-corrected chi connectivity index (χ4v) is 8.98. The van der Waals surface area contributed by atoms with Gasteiger partial charge in [0, 0.05) is 17.0 Å². The molecule has 1 aliphatic rings. The van der Waals surface area contributed by atoms with E-state index in [0.29, 0.717) is 22.6 Å². The zero-order valence-electron chi connectivity index (χ0n) is 27.2. The van der Waals surface area contributed by atoms with Gasteiger partial charge in [0.25, 0.3) is 20.2 Å². The van der Waals surface area contributed by atoms with Gasteiger partial charge in [0.05, 0.1) is 49.2 Å². The number of benzene rings is 4. The molecule has 0 bridgehead atoms. The molecular formula is C32H22N4O13S5. The number of aromatic nitrogens is 3. The average Bonchev–Trinajstić information content (AvgIpc) is 3.55. The molecule has 22 heteroatoms. The highest BCUT2D eigenvalue weighted by molar-refractivity contribution is 7.94. The van der Waals surface area contributed by atoms with Gasteiger partial charge in [-0.2, -0.15) is 16.8 Å². The first kappa shape index (κ1) is 37.6. The molecule has 0 amide bonds. The van der Waals surface area contributed by atoms with Crippen molar-refractivity contribution in [3.05, 3.63) is 99.3 Å². The Morgan fingerprint density at radius 3 is 2.17 bits per heavy atom. The highest BCUT2D eigenvalue weighted by atomic mass is 32.2. The minimum atomic E-state index is -4.72. The van der Waals surface area contributed by atoms with Crippen molar-refractivity contribution in [1.29, 1.82) is 0 Å². The predicted molar refractivity (Wildman–Crippen MR) is 195 cm³/mol. The Kier molecular flexibility index (Phi) is 9.86. The van der Waals surface area contributed by atoms with E-state index >= 15 is 0 Å². The van der Waals surface area contributed by atoms with Crippen molar-refractivity contribution < 1.29 is 54.7 Å². The lowest BCUT2D eigenvalue weighted by Crippen LogP contribution is -2.29. The zero-order chi connectivity index (χ0) is 38.7. The van der Waals surface area contributed by atoms with Gasteiger partial charge >= 0.3 is 5.56 Å². The molecule has 2 aromatic heterocycles. The van der Waals surface area contributed by atoms with Crippen molar-refractivity contribution in [2.45, 2.75) is 26.5 Å². The van der Waals surface area contributed by atoms with Crippen LogP contribution in [-0.2, 0) is 40.8 Å². The molecule has 54 heavy (non-hydrogen) atoms. The molecule has 7 rings (SSSR count). The van der Waals surface area contributed by atoms with Crippen LogP contribution in [0, 0.1) is 6.92 Å². The number of rotatable bonds is 11. The molecular weight excluding hydrogens is 809 g/mol. The highest BCUT2D eigenvalue weighted by Gasteiger charge is 2.38. The molecule has 0 aliphatic heterocycles. The molecule has 0 fully saturated rings. The van der Waals surface area contributed by atoms with Gasteiger partial charge in [-0.15, -0.1) is 14.5 Å². The Balaban J connectivity index is 1.61. The van der Waals surface area contributed by atoms with E-state index in [-0.39, 0.29) is 65.4 Å². The van der Waals surface area contributed by atoms with E-state index in [9.17, 15) is 40.1 Å². The fourth-order valence-electron chi connectivity index (χ4n) is 5.90. The number of ketones is 1. The van der Waals surface area contributed by atoms with E-state index in [1.54, 1.807) is 25.1 Å². The first-order chi connectivity index (χ1) is 25.6. The topological polar surface area (TPSA) is 257 Å². The van der Waals surface area contributed by atoms with Crippen LogP contribution in [-0.4, -0.2) is 62.6 Å². The van der Waals surface area contributed by atoms with Crippen molar-refractivity contribution in [2.24, 2.45) is 0 Å². The molecule has 1 unspecified atom stereocenters.